The Bertz CT molecular complexity index is 926. The number of benzene rings is 1. The van der Waals surface area contributed by atoms with E-state index in [2.05, 4.69) is 15.5 Å². The molecule has 8 heteroatoms. The minimum Gasteiger partial charge on any atom is -0.493 e. The van der Waals surface area contributed by atoms with E-state index in [9.17, 15) is 4.79 Å². The van der Waals surface area contributed by atoms with Gasteiger partial charge in [-0.2, -0.15) is 5.10 Å². The second-order valence-electron chi connectivity index (χ2n) is 5.54. The van der Waals surface area contributed by atoms with Gasteiger partial charge >= 0.3 is 6.09 Å². The van der Waals surface area contributed by atoms with Crippen molar-refractivity contribution in [1.82, 2.24) is 15.5 Å². The van der Waals surface area contributed by atoms with Gasteiger partial charge in [0, 0.05) is 48.6 Å². The van der Waals surface area contributed by atoms with Crippen LogP contribution >= 0.6 is 0 Å². The minimum absolute atomic E-state index is 0.237. The normalized spacial score (nSPS) is 21.1. The first-order chi connectivity index (χ1) is 14.1. The molecule has 1 aliphatic rings. The van der Waals surface area contributed by atoms with Gasteiger partial charge < -0.3 is 24.4 Å². The number of methoxy groups -OCH3 is 2. The molecule has 26 heavy (non-hydrogen) atoms. The van der Waals surface area contributed by atoms with E-state index in [4.69, 9.17) is 19.7 Å². The minimum atomic E-state index is -2.17. The lowest BCUT2D eigenvalue weighted by Gasteiger charge is -2.32. The molecule has 2 aromatic rings. The van der Waals surface area contributed by atoms with E-state index in [1.807, 2.05) is 0 Å². The van der Waals surface area contributed by atoms with Crippen LogP contribution in [0.2, 0.25) is 0 Å². The third-order valence-electron chi connectivity index (χ3n) is 3.93. The van der Waals surface area contributed by atoms with Crippen molar-refractivity contribution in [1.29, 1.82) is 0 Å². The SMILES string of the molecule is [2H]C1([2H])CN(c2nncc3cc(OC)c(OC)cc23)CC([2H])([2H])C1OC(=O)NCC. The van der Waals surface area contributed by atoms with Gasteiger partial charge in [-0.05, 0) is 19.1 Å². The molecule has 0 radical (unpaired) electrons. The molecule has 1 N–H and O–H groups in total. The number of nitrogens with zero attached hydrogens (tertiary/aromatic N) is 3. The summed E-state index contributed by atoms with van der Waals surface area (Å²) in [4.78, 5) is 13.3. The molecule has 0 aliphatic carbocycles. The second-order valence-corrected chi connectivity index (χ2v) is 5.54. The number of anilines is 1. The van der Waals surface area contributed by atoms with Crippen LogP contribution in [0.4, 0.5) is 10.6 Å². The summed E-state index contributed by atoms with van der Waals surface area (Å²) in [5.74, 6) is 1.26. The van der Waals surface area contributed by atoms with E-state index in [1.165, 1.54) is 25.3 Å². The Morgan fingerprint density at radius 3 is 2.65 bits per heavy atom. The van der Waals surface area contributed by atoms with Gasteiger partial charge in [0.1, 0.15) is 6.10 Å². The summed E-state index contributed by atoms with van der Waals surface area (Å²) >= 11 is 0. The van der Waals surface area contributed by atoms with Gasteiger partial charge in [0.25, 0.3) is 0 Å². The van der Waals surface area contributed by atoms with Gasteiger partial charge in [0.05, 0.1) is 20.4 Å². The number of amides is 1. The number of aromatic nitrogens is 2. The van der Waals surface area contributed by atoms with Crippen LogP contribution in [-0.2, 0) is 4.74 Å². The summed E-state index contributed by atoms with van der Waals surface area (Å²) in [7, 11) is 3.02. The topological polar surface area (TPSA) is 85.8 Å². The number of piperidine rings is 1. The van der Waals surface area contributed by atoms with Crippen LogP contribution < -0.4 is 19.7 Å². The Kier molecular flexibility index (Phi) is 4.17. The quantitative estimate of drug-likeness (QED) is 0.871. The Labute approximate surface area is 158 Å². The van der Waals surface area contributed by atoms with Gasteiger partial charge in [-0.15, -0.1) is 5.10 Å². The molecule has 1 aromatic heterocycles. The van der Waals surface area contributed by atoms with Crippen molar-refractivity contribution in [2.45, 2.75) is 25.8 Å². The fourth-order valence-corrected chi connectivity index (χ4v) is 2.67. The van der Waals surface area contributed by atoms with E-state index in [0.29, 0.717) is 34.6 Å². The van der Waals surface area contributed by atoms with Crippen molar-refractivity contribution in [2.24, 2.45) is 0 Å². The number of rotatable bonds is 5. The molecule has 1 aliphatic heterocycles. The van der Waals surface area contributed by atoms with Crippen molar-refractivity contribution in [2.75, 3.05) is 38.8 Å². The first kappa shape index (κ1) is 13.4. The maximum Gasteiger partial charge on any atom is 0.407 e. The standard InChI is InChI=1S/C18H24N4O4/c1-4-19-18(23)26-13-5-7-22(8-6-13)17-14-10-16(25-3)15(24-2)9-12(14)11-20-21-17/h9-11,13H,4-8H2,1-3H3,(H,19,23)/i5D2,6D2. The molecule has 1 aromatic carbocycles. The number of hydrogen-bond acceptors (Lipinski definition) is 7. The van der Waals surface area contributed by atoms with Crippen LogP contribution in [-0.4, -0.2) is 56.2 Å². The number of ether oxygens (including phenoxy) is 3. The summed E-state index contributed by atoms with van der Waals surface area (Å²) in [5, 5.41) is 11.8. The van der Waals surface area contributed by atoms with Gasteiger partial charge in [-0.1, -0.05) is 0 Å². The molecule has 8 nitrogen and oxygen atoms in total. The van der Waals surface area contributed by atoms with Crippen LogP contribution in [0.5, 0.6) is 11.5 Å². The lowest BCUT2D eigenvalue weighted by molar-refractivity contribution is 0.0836. The van der Waals surface area contributed by atoms with Crippen molar-refractivity contribution >= 4 is 22.7 Å². The summed E-state index contributed by atoms with van der Waals surface area (Å²) in [6.45, 7) is 1.51. The Hall–Kier alpha value is -2.77. The molecule has 1 amide bonds. The number of alkyl carbamates (subject to hydrolysis) is 1. The van der Waals surface area contributed by atoms with Crippen molar-refractivity contribution in [3.63, 3.8) is 0 Å². The van der Waals surface area contributed by atoms with Crippen molar-refractivity contribution < 1.29 is 24.5 Å². The Morgan fingerprint density at radius 1 is 1.31 bits per heavy atom. The highest BCUT2D eigenvalue weighted by Crippen LogP contribution is 2.35. The maximum atomic E-state index is 11.8. The van der Waals surface area contributed by atoms with Gasteiger partial charge in [0.2, 0.25) is 0 Å². The fourth-order valence-electron chi connectivity index (χ4n) is 2.67. The third-order valence-corrected chi connectivity index (χ3v) is 3.93. The number of nitrogens with one attached hydrogen (secondary N) is 1. The van der Waals surface area contributed by atoms with E-state index in [-0.39, 0.29) is 13.1 Å². The van der Waals surface area contributed by atoms with Crippen molar-refractivity contribution in [3.8, 4) is 11.5 Å². The maximum absolute atomic E-state index is 11.8. The van der Waals surface area contributed by atoms with Gasteiger partial charge in [-0.3, -0.25) is 0 Å². The van der Waals surface area contributed by atoms with Crippen LogP contribution in [0.25, 0.3) is 10.8 Å². The van der Waals surface area contributed by atoms with Crippen molar-refractivity contribution in [3.05, 3.63) is 18.3 Å². The first-order valence-electron chi connectivity index (χ1n) is 10.2. The second kappa shape index (κ2) is 8.07. The largest absolute Gasteiger partial charge is 0.493 e. The summed E-state index contributed by atoms with van der Waals surface area (Å²) in [6, 6.07) is 3.42. The number of fused-ring (bicyclic) bond motifs is 1. The number of carbonyl (C=O) groups is 1. The van der Waals surface area contributed by atoms with E-state index in [0.717, 1.165) is 0 Å². The number of carbonyl (C=O) groups excluding carboxylic acids is 1. The summed E-state index contributed by atoms with van der Waals surface area (Å²) in [6.07, 6.45) is -5.24. The van der Waals surface area contributed by atoms with Crippen LogP contribution in [0.15, 0.2) is 18.3 Å². The lowest BCUT2D eigenvalue weighted by Crippen LogP contribution is -2.40. The van der Waals surface area contributed by atoms with E-state index < -0.39 is 24.9 Å². The molecular weight excluding hydrogens is 336 g/mol. The zero-order valence-electron chi connectivity index (χ0n) is 18.9. The summed E-state index contributed by atoms with van der Waals surface area (Å²) in [5.41, 5.74) is 0. The molecule has 0 spiro atoms. The molecule has 1 saturated heterocycles. The lowest BCUT2D eigenvalue weighted by atomic mass is 10.1. The molecule has 0 unspecified atom stereocenters. The zero-order chi connectivity index (χ0) is 22.1. The molecule has 0 saturated carbocycles. The van der Waals surface area contributed by atoms with Gasteiger partial charge in [0.15, 0.2) is 17.3 Å². The molecule has 1 fully saturated rings. The smallest absolute Gasteiger partial charge is 0.407 e. The predicted octanol–water partition coefficient (Wildman–Crippen LogP) is 2.36. The molecular formula is C18H24N4O4. The molecule has 0 bridgehead atoms. The molecule has 140 valence electrons. The number of hydrogen-bond donors (Lipinski definition) is 1. The predicted molar refractivity (Wildman–Crippen MR) is 98.0 cm³/mol. The highest BCUT2D eigenvalue weighted by Gasteiger charge is 2.24. The Morgan fingerprint density at radius 2 is 2.00 bits per heavy atom. The highest BCUT2D eigenvalue weighted by atomic mass is 16.6. The molecule has 0 atom stereocenters. The molecule has 3 rings (SSSR count). The van der Waals surface area contributed by atoms with Crippen LogP contribution in [0, 0.1) is 0 Å². The average Bonchev–Trinajstić information content (AvgIpc) is 2.68. The fraction of sp³-hybridized carbons (Fsp3) is 0.500. The van der Waals surface area contributed by atoms with E-state index in [1.54, 1.807) is 19.1 Å². The van der Waals surface area contributed by atoms with Crippen LogP contribution in [0.1, 0.15) is 25.2 Å². The van der Waals surface area contributed by atoms with Crippen LogP contribution in [0.3, 0.4) is 0 Å². The average molecular weight is 364 g/mol. The summed E-state index contributed by atoms with van der Waals surface area (Å²) < 4.78 is 49.3. The Balaban J connectivity index is 2.00. The van der Waals surface area contributed by atoms with Gasteiger partial charge in [-0.25, -0.2) is 4.79 Å². The first-order valence-corrected chi connectivity index (χ1v) is 8.20. The molecule has 2 heterocycles. The monoisotopic (exact) mass is 364 g/mol. The highest BCUT2D eigenvalue weighted by molar-refractivity contribution is 5.94. The third kappa shape index (κ3) is 3.74. The zero-order valence-corrected chi connectivity index (χ0v) is 14.9. The van der Waals surface area contributed by atoms with E-state index >= 15 is 0 Å².